The molecule has 3 rings (SSSR count). The second-order valence-corrected chi connectivity index (χ2v) is 12.9. The molecule has 3 unspecified atom stereocenters. The molecule has 2 aliphatic heterocycles. The van der Waals surface area contributed by atoms with Gasteiger partial charge in [0.1, 0.15) is 23.9 Å². The van der Waals surface area contributed by atoms with Crippen LogP contribution in [-0.2, 0) is 28.5 Å². The van der Waals surface area contributed by atoms with E-state index in [-0.39, 0.29) is 54.8 Å². The molecule has 2 saturated heterocycles. The van der Waals surface area contributed by atoms with Crippen molar-refractivity contribution >= 4 is 18.1 Å². The van der Waals surface area contributed by atoms with Crippen LogP contribution in [0, 0.1) is 11.8 Å². The lowest BCUT2D eigenvalue weighted by atomic mass is 9.68. The minimum absolute atomic E-state index is 0.000194. The average Bonchev–Trinajstić information content (AvgIpc) is 3.87. The number of carbonyl (C=O) groups excluding carboxylic acids is 3. The van der Waals surface area contributed by atoms with Crippen molar-refractivity contribution in [3.63, 3.8) is 0 Å². The van der Waals surface area contributed by atoms with E-state index in [1.807, 2.05) is 13.8 Å². The van der Waals surface area contributed by atoms with E-state index in [1.165, 1.54) is 5.57 Å². The van der Waals surface area contributed by atoms with E-state index >= 15 is 0 Å². The molecular weight excluding hydrogens is 556 g/mol. The van der Waals surface area contributed by atoms with Crippen molar-refractivity contribution in [3.05, 3.63) is 11.6 Å². The summed E-state index contributed by atoms with van der Waals surface area (Å²) in [5, 5.41) is 8.36. The third kappa shape index (κ3) is 10.3. The second kappa shape index (κ2) is 16.1. The maximum absolute atomic E-state index is 12.9. The Balaban J connectivity index is 1.38. The van der Waals surface area contributed by atoms with Gasteiger partial charge in [-0.3, -0.25) is 4.79 Å². The van der Waals surface area contributed by atoms with Crippen LogP contribution in [0.15, 0.2) is 11.6 Å². The number of rotatable bonds is 17. The molecule has 12 nitrogen and oxygen atoms in total. The number of methoxy groups -OCH3 is 1. The molecule has 5 N–H and O–H groups in total. The fourth-order valence-electron chi connectivity index (χ4n) is 6.15. The van der Waals surface area contributed by atoms with Crippen molar-refractivity contribution in [3.8, 4) is 0 Å². The number of nitrogens with one attached hydrogen (secondary N) is 3. The van der Waals surface area contributed by atoms with E-state index in [0.29, 0.717) is 32.5 Å². The normalized spacial score (nSPS) is 29.9. The van der Waals surface area contributed by atoms with Gasteiger partial charge in [-0.2, -0.15) is 0 Å². The SMILES string of the molecule is COC1CC(OC(=O)N[C@@H](COC(=O)NCCCCCCNC(=O)CN)C(C)C)C[C@]2(CO2)C1[C@@]1(C)O[C@@H]1CC=C(C)C. The standard InChI is InChI=1S/C31H54N4O8/c1-20(2)11-12-25-30(5,43-25)27-24(39-6)15-22(16-31(27)19-41-31)42-29(38)35-23(21(3)4)18-40-28(37)34-14-10-8-7-9-13-33-26(36)17-32/h11,21-25,27H,7-10,12-19,32H2,1-6H3,(H,33,36)(H,34,37)(H,35,38)/t22?,23-,24?,25+,27?,30-,31-/m0/s1. The van der Waals surface area contributed by atoms with Gasteiger partial charge in [0.15, 0.2) is 0 Å². The van der Waals surface area contributed by atoms with Gasteiger partial charge in [-0.25, -0.2) is 9.59 Å². The zero-order chi connectivity index (χ0) is 31.6. The van der Waals surface area contributed by atoms with E-state index in [4.69, 9.17) is 29.4 Å². The summed E-state index contributed by atoms with van der Waals surface area (Å²) in [5.74, 6) is -0.0777. The molecule has 43 heavy (non-hydrogen) atoms. The van der Waals surface area contributed by atoms with Crippen molar-refractivity contribution in [1.29, 1.82) is 0 Å². The zero-order valence-electron chi connectivity index (χ0n) is 26.9. The number of nitrogens with two attached hydrogens (primary N) is 1. The highest BCUT2D eigenvalue weighted by atomic mass is 16.6. The second-order valence-electron chi connectivity index (χ2n) is 12.9. The van der Waals surface area contributed by atoms with Crippen molar-refractivity contribution < 1.29 is 38.1 Å². The molecule has 0 aromatic heterocycles. The highest BCUT2D eigenvalue weighted by molar-refractivity contribution is 5.77. The first-order valence-corrected chi connectivity index (χ1v) is 15.8. The molecule has 3 amide bonds. The number of amides is 3. The summed E-state index contributed by atoms with van der Waals surface area (Å²) >= 11 is 0. The largest absolute Gasteiger partial charge is 0.447 e. The van der Waals surface area contributed by atoms with E-state index < -0.39 is 23.8 Å². The summed E-state index contributed by atoms with van der Waals surface area (Å²) in [7, 11) is 1.69. The van der Waals surface area contributed by atoms with Crippen LogP contribution in [0.3, 0.4) is 0 Å². The molecule has 0 radical (unpaired) electrons. The Morgan fingerprint density at radius 3 is 2.33 bits per heavy atom. The molecule has 1 saturated carbocycles. The summed E-state index contributed by atoms with van der Waals surface area (Å²) in [4.78, 5) is 36.2. The van der Waals surface area contributed by atoms with E-state index in [0.717, 1.165) is 32.1 Å². The lowest BCUT2D eigenvalue weighted by Crippen LogP contribution is -2.54. The first-order chi connectivity index (χ1) is 20.4. The Morgan fingerprint density at radius 1 is 1.07 bits per heavy atom. The van der Waals surface area contributed by atoms with Gasteiger partial charge in [0.25, 0.3) is 0 Å². The minimum Gasteiger partial charge on any atom is -0.447 e. The Bertz CT molecular complexity index is 967. The Kier molecular flexibility index (Phi) is 13.1. The molecule has 0 aromatic carbocycles. The lowest BCUT2D eigenvalue weighted by Gasteiger charge is -2.41. The van der Waals surface area contributed by atoms with Crippen LogP contribution in [0.25, 0.3) is 0 Å². The van der Waals surface area contributed by atoms with Crippen molar-refractivity contribution in [2.45, 2.75) is 115 Å². The molecule has 1 aliphatic carbocycles. The predicted octanol–water partition coefficient (Wildman–Crippen LogP) is 3.18. The van der Waals surface area contributed by atoms with Crippen LogP contribution in [0.4, 0.5) is 9.59 Å². The number of ether oxygens (including phenoxy) is 5. The van der Waals surface area contributed by atoms with E-state index in [2.05, 4.69) is 42.8 Å². The molecule has 3 fully saturated rings. The summed E-state index contributed by atoms with van der Waals surface area (Å²) < 4.78 is 29.4. The molecular formula is C31H54N4O8. The van der Waals surface area contributed by atoms with Gasteiger partial charge in [0.2, 0.25) is 5.91 Å². The Morgan fingerprint density at radius 2 is 1.74 bits per heavy atom. The summed E-state index contributed by atoms with van der Waals surface area (Å²) in [6.07, 6.45) is 6.25. The van der Waals surface area contributed by atoms with Crippen LogP contribution in [0.1, 0.15) is 79.6 Å². The molecule has 2 heterocycles. The minimum atomic E-state index is -0.546. The van der Waals surface area contributed by atoms with Gasteiger partial charge >= 0.3 is 12.2 Å². The monoisotopic (exact) mass is 610 g/mol. The van der Waals surface area contributed by atoms with Crippen LogP contribution >= 0.6 is 0 Å². The average molecular weight is 611 g/mol. The molecule has 7 atom stereocenters. The summed E-state index contributed by atoms with van der Waals surface area (Å²) in [6.45, 7) is 11.9. The fourth-order valence-corrected chi connectivity index (χ4v) is 6.15. The number of hydrogen-bond donors (Lipinski definition) is 4. The number of hydrogen-bond acceptors (Lipinski definition) is 9. The predicted molar refractivity (Wildman–Crippen MR) is 161 cm³/mol. The Labute approximate surface area is 256 Å². The molecule has 3 aliphatic rings. The highest BCUT2D eigenvalue weighted by Crippen LogP contribution is 2.59. The van der Waals surface area contributed by atoms with Gasteiger partial charge in [-0.1, -0.05) is 38.3 Å². The quantitative estimate of drug-likeness (QED) is 0.110. The number of carbonyl (C=O) groups is 3. The van der Waals surface area contributed by atoms with Gasteiger partial charge in [0, 0.05) is 39.0 Å². The van der Waals surface area contributed by atoms with Crippen LogP contribution in [0.5, 0.6) is 0 Å². The molecule has 246 valence electrons. The van der Waals surface area contributed by atoms with E-state index in [1.54, 1.807) is 7.11 Å². The van der Waals surface area contributed by atoms with Crippen molar-refractivity contribution in [2.75, 3.05) is 40.0 Å². The van der Waals surface area contributed by atoms with Gasteiger partial charge in [-0.15, -0.1) is 0 Å². The maximum atomic E-state index is 12.9. The third-order valence-electron chi connectivity index (χ3n) is 8.82. The summed E-state index contributed by atoms with van der Waals surface area (Å²) in [6, 6.07) is -0.405. The number of epoxide rings is 2. The number of allylic oxidation sites excluding steroid dienone is 1. The molecule has 1 spiro atoms. The van der Waals surface area contributed by atoms with Crippen LogP contribution in [-0.4, -0.2) is 93.6 Å². The fraction of sp³-hybridized carbons (Fsp3) is 0.839. The van der Waals surface area contributed by atoms with Gasteiger partial charge in [0.05, 0.1) is 31.4 Å². The highest BCUT2D eigenvalue weighted by Gasteiger charge is 2.71. The zero-order valence-corrected chi connectivity index (χ0v) is 26.9. The van der Waals surface area contributed by atoms with Crippen molar-refractivity contribution in [1.82, 2.24) is 16.0 Å². The number of alkyl carbamates (subject to hydrolysis) is 2. The first kappa shape index (κ1) is 35.1. The van der Waals surface area contributed by atoms with Gasteiger partial charge in [-0.05, 0) is 46.0 Å². The lowest BCUT2D eigenvalue weighted by molar-refractivity contribution is -0.119. The maximum Gasteiger partial charge on any atom is 0.407 e. The third-order valence-corrected chi connectivity index (χ3v) is 8.82. The van der Waals surface area contributed by atoms with Gasteiger partial charge < -0.3 is 45.4 Å². The topological polar surface area (TPSA) is 166 Å². The smallest absolute Gasteiger partial charge is 0.407 e. The molecule has 12 heteroatoms. The van der Waals surface area contributed by atoms with Crippen LogP contribution < -0.4 is 21.7 Å². The van der Waals surface area contributed by atoms with E-state index in [9.17, 15) is 14.4 Å². The van der Waals surface area contributed by atoms with Crippen LogP contribution in [0.2, 0.25) is 0 Å². The van der Waals surface area contributed by atoms with Crippen molar-refractivity contribution in [2.24, 2.45) is 17.6 Å². The Hall–Kier alpha value is -2.41. The molecule has 0 aromatic rings. The molecule has 0 bridgehead atoms. The summed E-state index contributed by atoms with van der Waals surface area (Å²) in [5.41, 5.74) is 5.77. The number of unbranched alkanes of at least 4 members (excludes halogenated alkanes) is 3. The first-order valence-electron chi connectivity index (χ1n) is 15.8.